The molecule has 6 heteroatoms. The molecule has 0 atom stereocenters. The van der Waals surface area contributed by atoms with Gasteiger partial charge in [0.25, 0.3) is 0 Å². The van der Waals surface area contributed by atoms with Gasteiger partial charge >= 0.3 is 0 Å². The van der Waals surface area contributed by atoms with Crippen LogP contribution in [0, 0.1) is 0 Å². The van der Waals surface area contributed by atoms with Crippen molar-refractivity contribution < 1.29 is 4.74 Å². The normalized spacial score (nSPS) is 10.1. The van der Waals surface area contributed by atoms with E-state index in [1.54, 1.807) is 18.2 Å². The fourth-order valence-corrected chi connectivity index (χ4v) is 1.38. The van der Waals surface area contributed by atoms with Crippen LogP contribution in [0.25, 0.3) is 0 Å². The van der Waals surface area contributed by atoms with E-state index in [4.69, 9.17) is 33.7 Å². The van der Waals surface area contributed by atoms with Crippen LogP contribution < -0.4 is 10.5 Å². The maximum absolute atomic E-state index is 5.94. The van der Waals surface area contributed by atoms with Gasteiger partial charge in [0, 0.05) is 0 Å². The Morgan fingerprint density at radius 3 is 2.62 bits per heavy atom. The van der Waals surface area contributed by atoms with Gasteiger partial charge in [-0.15, -0.1) is 0 Å². The van der Waals surface area contributed by atoms with Gasteiger partial charge in [0.15, 0.2) is 0 Å². The number of hydrogen-bond acceptors (Lipinski definition) is 4. The summed E-state index contributed by atoms with van der Waals surface area (Å²) >= 11 is 11.8. The van der Waals surface area contributed by atoms with Gasteiger partial charge < -0.3 is 10.5 Å². The summed E-state index contributed by atoms with van der Waals surface area (Å²) in [6, 6.07) is 5.09. The molecule has 82 valence electrons. The molecule has 0 saturated heterocycles. The van der Waals surface area contributed by atoms with E-state index in [9.17, 15) is 0 Å². The second-order valence-electron chi connectivity index (χ2n) is 2.93. The van der Waals surface area contributed by atoms with Crippen LogP contribution >= 0.6 is 23.2 Å². The van der Waals surface area contributed by atoms with Crippen LogP contribution in [0.5, 0.6) is 11.6 Å². The number of nitrogen functional groups attached to an aromatic ring is 1. The molecule has 1 heterocycles. The Kier molecular flexibility index (Phi) is 3.12. The van der Waals surface area contributed by atoms with E-state index in [2.05, 4.69) is 9.97 Å². The van der Waals surface area contributed by atoms with Crippen molar-refractivity contribution in [2.24, 2.45) is 0 Å². The molecule has 0 aliphatic heterocycles. The third-order valence-electron chi connectivity index (χ3n) is 1.78. The van der Waals surface area contributed by atoms with Gasteiger partial charge in [0.1, 0.15) is 16.6 Å². The van der Waals surface area contributed by atoms with Crippen LogP contribution in [0.1, 0.15) is 0 Å². The highest BCUT2D eigenvalue weighted by Gasteiger charge is 2.07. The summed E-state index contributed by atoms with van der Waals surface area (Å²) in [5.41, 5.74) is 5.40. The molecule has 4 nitrogen and oxygen atoms in total. The summed E-state index contributed by atoms with van der Waals surface area (Å²) < 4.78 is 5.40. The molecule has 0 spiro atoms. The summed E-state index contributed by atoms with van der Waals surface area (Å²) in [6.07, 6.45) is 2.81. The van der Waals surface area contributed by atoms with E-state index in [-0.39, 0.29) is 0 Å². The molecule has 2 aromatic rings. The lowest BCUT2D eigenvalue weighted by molar-refractivity contribution is 0.461. The first-order valence-electron chi connectivity index (χ1n) is 4.36. The van der Waals surface area contributed by atoms with Gasteiger partial charge in [0.05, 0.1) is 17.4 Å². The highest BCUT2D eigenvalue weighted by Crippen LogP contribution is 2.33. The van der Waals surface area contributed by atoms with Gasteiger partial charge in [-0.05, 0) is 12.1 Å². The third-order valence-corrected chi connectivity index (χ3v) is 2.58. The minimum atomic E-state index is 0.304. The highest BCUT2D eigenvalue weighted by atomic mass is 35.5. The molecular formula is C10H7Cl2N3O. The van der Waals surface area contributed by atoms with Gasteiger partial charge in [0.2, 0.25) is 5.88 Å². The number of rotatable bonds is 2. The second-order valence-corrected chi connectivity index (χ2v) is 3.72. The molecule has 0 amide bonds. The van der Waals surface area contributed by atoms with Crippen molar-refractivity contribution >= 4 is 29.0 Å². The summed E-state index contributed by atoms with van der Waals surface area (Å²) in [7, 11) is 0. The van der Waals surface area contributed by atoms with E-state index >= 15 is 0 Å². The van der Waals surface area contributed by atoms with E-state index in [1.165, 1.54) is 12.4 Å². The molecule has 0 bridgehead atoms. The van der Waals surface area contributed by atoms with Crippen LogP contribution in [0.2, 0.25) is 10.0 Å². The number of nitrogens with zero attached hydrogens (tertiary/aromatic N) is 2. The zero-order valence-corrected chi connectivity index (χ0v) is 9.53. The Hall–Kier alpha value is -1.52. The summed E-state index contributed by atoms with van der Waals surface area (Å²) in [5.74, 6) is 1.05. The molecule has 0 aliphatic carbocycles. The van der Waals surface area contributed by atoms with E-state index in [1.807, 2.05) is 0 Å². The van der Waals surface area contributed by atoms with Gasteiger partial charge in [-0.2, -0.15) is 0 Å². The second kappa shape index (κ2) is 4.55. The van der Waals surface area contributed by atoms with Crippen LogP contribution in [-0.4, -0.2) is 9.97 Å². The first-order chi connectivity index (χ1) is 7.66. The molecule has 0 saturated carbocycles. The maximum atomic E-state index is 5.94. The molecule has 0 fully saturated rings. The molecular weight excluding hydrogens is 249 g/mol. The van der Waals surface area contributed by atoms with E-state index in [0.717, 1.165) is 0 Å². The lowest BCUT2D eigenvalue weighted by Crippen LogP contribution is -1.94. The van der Waals surface area contributed by atoms with Crippen LogP contribution in [0.4, 0.5) is 5.82 Å². The first-order valence-corrected chi connectivity index (χ1v) is 5.12. The number of halogens is 2. The highest BCUT2D eigenvalue weighted by molar-refractivity contribution is 6.42. The van der Waals surface area contributed by atoms with Crippen molar-refractivity contribution in [2.45, 2.75) is 0 Å². The van der Waals surface area contributed by atoms with Gasteiger partial charge in [-0.3, -0.25) is 0 Å². The standard InChI is InChI=1S/C10H7Cl2N3O/c11-6-2-1-3-7(10(6)12)16-9-5-14-8(13)4-15-9/h1-5H,(H2,13,14). The molecule has 16 heavy (non-hydrogen) atoms. The maximum Gasteiger partial charge on any atom is 0.238 e. The van der Waals surface area contributed by atoms with Crippen LogP contribution in [0.15, 0.2) is 30.6 Å². The third kappa shape index (κ3) is 2.35. The monoisotopic (exact) mass is 255 g/mol. The van der Waals surface area contributed by atoms with Crippen LogP contribution in [0.3, 0.4) is 0 Å². The summed E-state index contributed by atoms with van der Waals surface area (Å²) in [6.45, 7) is 0. The summed E-state index contributed by atoms with van der Waals surface area (Å²) in [5, 5.41) is 0.755. The SMILES string of the molecule is Nc1cnc(Oc2cccc(Cl)c2Cl)cn1. The van der Waals surface area contributed by atoms with Crippen molar-refractivity contribution in [3.8, 4) is 11.6 Å². The molecule has 0 unspecified atom stereocenters. The average molecular weight is 256 g/mol. The zero-order valence-electron chi connectivity index (χ0n) is 8.02. The van der Waals surface area contributed by atoms with Crippen molar-refractivity contribution in [1.82, 2.24) is 9.97 Å². The fourth-order valence-electron chi connectivity index (χ4n) is 1.05. The minimum Gasteiger partial charge on any atom is -0.436 e. The summed E-state index contributed by atoms with van der Waals surface area (Å²) in [4.78, 5) is 7.77. The predicted octanol–water partition coefficient (Wildman–Crippen LogP) is 3.16. The lowest BCUT2D eigenvalue weighted by atomic mass is 10.3. The van der Waals surface area contributed by atoms with Crippen molar-refractivity contribution in [3.05, 3.63) is 40.6 Å². The molecule has 0 aliphatic rings. The Balaban J connectivity index is 2.27. The molecule has 2 rings (SSSR count). The molecule has 1 aromatic heterocycles. The largest absolute Gasteiger partial charge is 0.436 e. The predicted molar refractivity (Wildman–Crippen MR) is 63.0 cm³/mol. The smallest absolute Gasteiger partial charge is 0.238 e. The Morgan fingerprint density at radius 2 is 1.94 bits per heavy atom. The molecule has 2 N–H and O–H groups in total. The van der Waals surface area contributed by atoms with Gasteiger partial charge in [-0.25, -0.2) is 9.97 Å². The van der Waals surface area contributed by atoms with Crippen molar-refractivity contribution in [1.29, 1.82) is 0 Å². The number of ether oxygens (including phenoxy) is 1. The number of nitrogens with two attached hydrogens (primary N) is 1. The minimum absolute atomic E-state index is 0.304. The first kappa shape index (κ1) is 11.0. The number of anilines is 1. The quantitative estimate of drug-likeness (QED) is 0.896. The number of aromatic nitrogens is 2. The number of benzene rings is 1. The van der Waals surface area contributed by atoms with Gasteiger partial charge in [-0.1, -0.05) is 29.3 Å². The van der Waals surface area contributed by atoms with E-state index < -0.39 is 0 Å². The Labute approximate surface area is 102 Å². The lowest BCUT2D eigenvalue weighted by Gasteiger charge is -2.06. The fraction of sp³-hybridized carbons (Fsp3) is 0. The van der Waals surface area contributed by atoms with Crippen molar-refractivity contribution in [3.63, 3.8) is 0 Å². The Morgan fingerprint density at radius 1 is 1.12 bits per heavy atom. The molecule has 0 radical (unpaired) electrons. The molecule has 1 aromatic carbocycles. The topological polar surface area (TPSA) is 61.0 Å². The zero-order chi connectivity index (χ0) is 11.5. The Bertz CT molecular complexity index is 502. The van der Waals surface area contributed by atoms with Crippen molar-refractivity contribution in [2.75, 3.05) is 5.73 Å². The average Bonchev–Trinajstić information content (AvgIpc) is 2.28. The van der Waals surface area contributed by atoms with Crippen LogP contribution in [-0.2, 0) is 0 Å². The number of hydrogen-bond donors (Lipinski definition) is 1. The van der Waals surface area contributed by atoms with E-state index in [0.29, 0.717) is 27.5 Å².